The van der Waals surface area contributed by atoms with E-state index in [1.807, 2.05) is 0 Å². The zero-order valence-electron chi connectivity index (χ0n) is 14.2. The number of nitro benzene ring substituents is 1. The summed E-state index contributed by atoms with van der Waals surface area (Å²) in [4.78, 5) is 22.3. The Kier molecular flexibility index (Phi) is 5.88. The Morgan fingerprint density at radius 3 is 2.75 bits per heavy atom. The first-order valence-corrected chi connectivity index (χ1v) is 8.30. The molecule has 1 amide bonds. The molecule has 0 spiro atoms. The first-order chi connectivity index (χ1) is 11.3. The first kappa shape index (κ1) is 18.3. The van der Waals surface area contributed by atoms with Crippen LogP contribution < -0.4 is 10.6 Å². The Morgan fingerprint density at radius 1 is 1.38 bits per heavy atom. The number of hydrogen-bond acceptors (Lipinski definition) is 4. The van der Waals surface area contributed by atoms with Crippen LogP contribution in [0.3, 0.4) is 0 Å². The summed E-state index contributed by atoms with van der Waals surface area (Å²) in [5.41, 5.74) is -0.435. The zero-order valence-corrected chi connectivity index (χ0v) is 14.2. The molecule has 1 aromatic rings. The normalized spacial score (nSPS) is 25.1. The van der Waals surface area contributed by atoms with Gasteiger partial charge in [-0.2, -0.15) is 4.39 Å². The van der Waals surface area contributed by atoms with Crippen molar-refractivity contribution in [1.82, 2.24) is 5.32 Å². The minimum atomic E-state index is -0.922. The molecular weight excluding hydrogens is 313 g/mol. The van der Waals surface area contributed by atoms with Gasteiger partial charge in [-0.25, -0.2) is 0 Å². The predicted molar refractivity (Wildman–Crippen MR) is 90.2 cm³/mol. The third-order valence-electron chi connectivity index (χ3n) is 4.97. The summed E-state index contributed by atoms with van der Waals surface area (Å²) in [5.74, 6) is -0.109. The van der Waals surface area contributed by atoms with Crippen LogP contribution in [0.2, 0.25) is 0 Å². The molecule has 6 nitrogen and oxygen atoms in total. The molecule has 0 heterocycles. The van der Waals surface area contributed by atoms with Gasteiger partial charge in [-0.1, -0.05) is 26.7 Å². The number of carbonyl (C=O) groups excluding carboxylic acids is 1. The number of benzene rings is 1. The van der Waals surface area contributed by atoms with Crippen LogP contribution in [0.25, 0.3) is 0 Å². The third-order valence-corrected chi connectivity index (χ3v) is 4.97. The second-order valence-corrected chi connectivity index (χ2v) is 6.67. The molecule has 0 aromatic heterocycles. The van der Waals surface area contributed by atoms with Crippen molar-refractivity contribution in [3.8, 4) is 0 Å². The summed E-state index contributed by atoms with van der Waals surface area (Å²) in [6.45, 7) is 6.18. The minimum absolute atomic E-state index is 0.215. The van der Waals surface area contributed by atoms with E-state index in [1.54, 1.807) is 6.92 Å². The number of amides is 1. The van der Waals surface area contributed by atoms with E-state index >= 15 is 0 Å². The predicted octanol–water partition coefficient (Wildman–Crippen LogP) is 3.48. The van der Waals surface area contributed by atoms with Crippen molar-refractivity contribution in [3.05, 3.63) is 34.1 Å². The molecule has 24 heavy (non-hydrogen) atoms. The molecule has 0 saturated heterocycles. The van der Waals surface area contributed by atoms with E-state index in [1.165, 1.54) is 12.5 Å². The van der Waals surface area contributed by atoms with E-state index in [2.05, 4.69) is 24.5 Å². The molecule has 0 bridgehead atoms. The number of nitrogens with one attached hydrogen (secondary N) is 2. The standard InChI is InChI=1S/C17H24FN3O3/c1-10-5-4-6-15(11(10)2)19-12(3)17(22)20-13-7-8-14(18)16(9-13)21(23)24/h7-12,15,19H,4-6H2,1-3H3,(H,20,22)/t10-,11+,12-,15-/m0/s1. The third kappa shape index (κ3) is 4.29. The quantitative estimate of drug-likeness (QED) is 0.636. The lowest BCUT2D eigenvalue weighted by Crippen LogP contribution is -2.49. The number of nitrogens with zero attached hydrogens (tertiary/aromatic N) is 1. The molecule has 132 valence electrons. The molecule has 0 radical (unpaired) electrons. The van der Waals surface area contributed by atoms with Crippen LogP contribution in [0.1, 0.15) is 40.0 Å². The molecule has 2 rings (SSSR count). The fourth-order valence-electron chi connectivity index (χ4n) is 3.19. The smallest absolute Gasteiger partial charge is 0.306 e. The van der Waals surface area contributed by atoms with Gasteiger partial charge in [-0.15, -0.1) is 0 Å². The summed E-state index contributed by atoms with van der Waals surface area (Å²) in [5, 5.41) is 16.7. The highest BCUT2D eigenvalue weighted by Crippen LogP contribution is 2.29. The van der Waals surface area contributed by atoms with Gasteiger partial charge in [-0.3, -0.25) is 14.9 Å². The second-order valence-electron chi connectivity index (χ2n) is 6.67. The van der Waals surface area contributed by atoms with Crippen LogP contribution in [-0.4, -0.2) is 22.9 Å². The van der Waals surface area contributed by atoms with E-state index < -0.39 is 22.5 Å². The first-order valence-electron chi connectivity index (χ1n) is 8.30. The average Bonchev–Trinajstić information content (AvgIpc) is 2.53. The van der Waals surface area contributed by atoms with Crippen molar-refractivity contribution < 1.29 is 14.1 Å². The van der Waals surface area contributed by atoms with E-state index in [-0.39, 0.29) is 17.6 Å². The van der Waals surface area contributed by atoms with E-state index in [0.29, 0.717) is 11.8 Å². The lowest BCUT2D eigenvalue weighted by molar-refractivity contribution is -0.387. The summed E-state index contributed by atoms with van der Waals surface area (Å²) in [7, 11) is 0. The highest BCUT2D eigenvalue weighted by Gasteiger charge is 2.29. The molecule has 0 unspecified atom stereocenters. The minimum Gasteiger partial charge on any atom is -0.324 e. The van der Waals surface area contributed by atoms with Gasteiger partial charge in [-0.05, 0) is 37.3 Å². The highest BCUT2D eigenvalue weighted by atomic mass is 19.1. The zero-order chi connectivity index (χ0) is 17.9. The molecule has 1 saturated carbocycles. The molecule has 1 aliphatic rings. The van der Waals surface area contributed by atoms with Gasteiger partial charge in [0.05, 0.1) is 11.0 Å². The van der Waals surface area contributed by atoms with Gasteiger partial charge in [0.25, 0.3) is 0 Å². The topological polar surface area (TPSA) is 84.3 Å². The Labute approximate surface area is 141 Å². The van der Waals surface area contributed by atoms with Gasteiger partial charge in [0, 0.05) is 17.8 Å². The van der Waals surface area contributed by atoms with Crippen LogP contribution in [0.4, 0.5) is 15.8 Å². The maximum absolute atomic E-state index is 13.3. The Morgan fingerprint density at radius 2 is 2.08 bits per heavy atom. The second kappa shape index (κ2) is 7.70. The molecule has 4 atom stereocenters. The number of carbonyl (C=O) groups is 1. The number of hydrogen-bond donors (Lipinski definition) is 2. The van der Waals surface area contributed by atoms with Gasteiger partial charge in [0.2, 0.25) is 11.7 Å². The summed E-state index contributed by atoms with van der Waals surface area (Å²) in [6.07, 6.45) is 3.38. The largest absolute Gasteiger partial charge is 0.324 e. The SMILES string of the molecule is C[C@H]1[C@@H](N[C@@H](C)C(=O)Nc2ccc(F)c([N+](=O)[O-])c2)CCC[C@@H]1C. The van der Waals surface area contributed by atoms with Crippen molar-refractivity contribution >= 4 is 17.3 Å². The van der Waals surface area contributed by atoms with Crippen molar-refractivity contribution in [1.29, 1.82) is 0 Å². The van der Waals surface area contributed by atoms with Crippen LogP contribution in [0, 0.1) is 27.8 Å². The maximum Gasteiger partial charge on any atom is 0.306 e. The molecule has 1 aliphatic carbocycles. The molecule has 1 fully saturated rings. The van der Waals surface area contributed by atoms with E-state index in [4.69, 9.17) is 0 Å². The Balaban J connectivity index is 1.99. The maximum atomic E-state index is 13.3. The highest BCUT2D eigenvalue weighted by molar-refractivity contribution is 5.94. The Hall–Kier alpha value is -2.02. The van der Waals surface area contributed by atoms with Crippen LogP contribution in [0.5, 0.6) is 0 Å². The molecule has 1 aromatic carbocycles. The fourth-order valence-corrected chi connectivity index (χ4v) is 3.19. The van der Waals surface area contributed by atoms with Crippen molar-refractivity contribution in [2.45, 2.75) is 52.1 Å². The van der Waals surface area contributed by atoms with Crippen molar-refractivity contribution in [3.63, 3.8) is 0 Å². The van der Waals surface area contributed by atoms with Crippen molar-refractivity contribution in [2.24, 2.45) is 11.8 Å². The Bertz CT molecular complexity index is 623. The van der Waals surface area contributed by atoms with Crippen LogP contribution in [-0.2, 0) is 4.79 Å². The van der Waals surface area contributed by atoms with Gasteiger partial charge >= 0.3 is 5.69 Å². The van der Waals surface area contributed by atoms with Gasteiger partial charge in [0.1, 0.15) is 0 Å². The number of rotatable bonds is 5. The molecule has 7 heteroatoms. The van der Waals surface area contributed by atoms with Crippen LogP contribution >= 0.6 is 0 Å². The lowest BCUT2D eigenvalue weighted by Gasteiger charge is -2.36. The summed E-state index contributed by atoms with van der Waals surface area (Å²) < 4.78 is 13.3. The monoisotopic (exact) mass is 337 g/mol. The number of halogens is 1. The summed E-state index contributed by atoms with van der Waals surface area (Å²) >= 11 is 0. The average molecular weight is 337 g/mol. The van der Waals surface area contributed by atoms with Gasteiger partial charge < -0.3 is 10.6 Å². The number of nitro groups is 1. The van der Waals surface area contributed by atoms with E-state index in [9.17, 15) is 19.3 Å². The number of anilines is 1. The van der Waals surface area contributed by atoms with Crippen LogP contribution in [0.15, 0.2) is 18.2 Å². The lowest BCUT2D eigenvalue weighted by atomic mass is 9.78. The fraction of sp³-hybridized carbons (Fsp3) is 0.588. The van der Waals surface area contributed by atoms with E-state index in [0.717, 1.165) is 25.0 Å². The molecule has 2 N–H and O–H groups in total. The molecule has 0 aliphatic heterocycles. The summed E-state index contributed by atoms with van der Waals surface area (Å²) in [6, 6.07) is 3.17. The molecular formula is C17H24FN3O3. The van der Waals surface area contributed by atoms with Gasteiger partial charge in [0.15, 0.2) is 0 Å². The van der Waals surface area contributed by atoms with Crippen molar-refractivity contribution in [2.75, 3.05) is 5.32 Å².